The lowest BCUT2D eigenvalue weighted by Gasteiger charge is -1.91. The van der Waals surface area contributed by atoms with Crippen LogP contribution in [0.3, 0.4) is 0 Å². The minimum atomic E-state index is 0.202. The Labute approximate surface area is 75.3 Å². The van der Waals surface area contributed by atoms with Crippen molar-refractivity contribution in [3.05, 3.63) is 0 Å². The molecule has 0 bridgehead atoms. The number of hydrogen-bond donors (Lipinski definition) is 0. The summed E-state index contributed by atoms with van der Waals surface area (Å²) in [5.74, 6) is 6.18. The third-order valence-electron chi connectivity index (χ3n) is 1.41. The molecule has 0 saturated carbocycles. The molecule has 1 heteroatoms. The fourth-order valence-corrected chi connectivity index (χ4v) is 0.842. The predicted octanol–water partition coefficient (Wildman–Crippen LogP) is 3.59. The van der Waals surface area contributed by atoms with Crippen molar-refractivity contribution in [2.24, 2.45) is 0 Å². The number of rotatable bonds is 4. The van der Waals surface area contributed by atoms with Crippen LogP contribution in [-0.4, -0.2) is 5.38 Å². The molecule has 1 atom stereocenters. The quantitative estimate of drug-likeness (QED) is 0.346. The minimum absolute atomic E-state index is 0.202. The zero-order chi connectivity index (χ0) is 8.53. The van der Waals surface area contributed by atoms with Gasteiger partial charge in [0, 0.05) is 18.2 Å². The first kappa shape index (κ1) is 10.8. The van der Waals surface area contributed by atoms with Gasteiger partial charge in [-0.3, -0.25) is 0 Å². The molecule has 0 amide bonds. The summed E-state index contributed by atoms with van der Waals surface area (Å²) in [4.78, 5) is 0. The monoisotopic (exact) mass is 172 g/mol. The van der Waals surface area contributed by atoms with Gasteiger partial charge in [0.1, 0.15) is 0 Å². The highest BCUT2D eigenvalue weighted by Gasteiger charge is 1.88. The third kappa shape index (κ3) is 9.85. The predicted molar refractivity (Wildman–Crippen MR) is 51.9 cm³/mol. The molecule has 0 N–H and O–H groups in total. The second kappa shape index (κ2) is 7.95. The summed E-state index contributed by atoms with van der Waals surface area (Å²) in [6, 6.07) is 0. The Balaban J connectivity index is 3.12. The largest absolute Gasteiger partial charge is 0.122 e. The first-order chi connectivity index (χ1) is 5.27. The zero-order valence-electron chi connectivity index (χ0n) is 7.49. The van der Waals surface area contributed by atoms with E-state index in [2.05, 4.69) is 18.8 Å². The summed E-state index contributed by atoms with van der Waals surface area (Å²) in [6.07, 6.45) is 5.67. The van der Waals surface area contributed by atoms with E-state index in [9.17, 15) is 0 Å². The van der Waals surface area contributed by atoms with Crippen LogP contribution in [0.5, 0.6) is 0 Å². The van der Waals surface area contributed by atoms with Crippen molar-refractivity contribution in [3.63, 3.8) is 0 Å². The average molecular weight is 173 g/mol. The van der Waals surface area contributed by atoms with Gasteiger partial charge in [-0.25, -0.2) is 0 Å². The summed E-state index contributed by atoms with van der Waals surface area (Å²) in [5, 5.41) is 0.202. The topological polar surface area (TPSA) is 0 Å². The lowest BCUT2D eigenvalue weighted by molar-refractivity contribution is 0.737. The molecule has 11 heavy (non-hydrogen) atoms. The smallest absolute Gasteiger partial charge is 0.0417 e. The van der Waals surface area contributed by atoms with Crippen molar-refractivity contribution in [2.75, 3.05) is 0 Å². The maximum atomic E-state index is 5.72. The van der Waals surface area contributed by atoms with Crippen LogP contribution < -0.4 is 0 Å². The summed E-state index contributed by atoms with van der Waals surface area (Å²) in [6.45, 7) is 4.18. The van der Waals surface area contributed by atoms with Gasteiger partial charge in [0.25, 0.3) is 0 Å². The van der Waals surface area contributed by atoms with Crippen LogP contribution in [0, 0.1) is 11.8 Å². The van der Waals surface area contributed by atoms with Gasteiger partial charge in [-0.15, -0.1) is 23.4 Å². The molecule has 0 saturated heterocycles. The molecule has 0 fully saturated rings. The van der Waals surface area contributed by atoms with E-state index >= 15 is 0 Å². The number of halogens is 1. The maximum absolute atomic E-state index is 5.72. The average Bonchev–Trinajstić information content (AvgIpc) is 1.96. The molecular weight excluding hydrogens is 156 g/mol. The Morgan fingerprint density at radius 1 is 1.27 bits per heavy atom. The summed E-state index contributed by atoms with van der Waals surface area (Å²) >= 11 is 5.72. The molecule has 0 aromatic rings. The standard InChI is InChI=1S/C10H17Cl/c1-3-4-5-6-7-8-9-10(2)11/h10H,3-6,9H2,1-2H3. The van der Waals surface area contributed by atoms with Crippen LogP contribution in [0.15, 0.2) is 0 Å². The van der Waals surface area contributed by atoms with E-state index in [1.807, 2.05) is 6.92 Å². The third-order valence-corrected chi connectivity index (χ3v) is 1.57. The Morgan fingerprint density at radius 2 is 2.00 bits per heavy atom. The lowest BCUT2D eigenvalue weighted by Crippen LogP contribution is -1.85. The maximum Gasteiger partial charge on any atom is 0.0417 e. The fraction of sp³-hybridized carbons (Fsp3) is 0.800. The molecule has 0 radical (unpaired) electrons. The molecule has 0 aromatic heterocycles. The first-order valence-corrected chi connectivity index (χ1v) is 4.80. The van der Waals surface area contributed by atoms with Crippen molar-refractivity contribution < 1.29 is 0 Å². The molecule has 0 spiro atoms. The Bertz CT molecular complexity index is 128. The van der Waals surface area contributed by atoms with Gasteiger partial charge in [0.05, 0.1) is 0 Å². The SMILES string of the molecule is CCCCCC#CCC(C)Cl. The minimum Gasteiger partial charge on any atom is -0.122 e. The number of hydrogen-bond acceptors (Lipinski definition) is 0. The molecule has 0 aromatic carbocycles. The van der Waals surface area contributed by atoms with Crippen LogP contribution in [0.4, 0.5) is 0 Å². The molecule has 0 heterocycles. The summed E-state index contributed by atoms with van der Waals surface area (Å²) in [7, 11) is 0. The molecule has 0 rings (SSSR count). The summed E-state index contributed by atoms with van der Waals surface area (Å²) in [5.41, 5.74) is 0. The molecule has 0 aliphatic heterocycles. The normalized spacial score (nSPS) is 11.9. The van der Waals surface area contributed by atoms with E-state index in [1.165, 1.54) is 19.3 Å². The summed E-state index contributed by atoms with van der Waals surface area (Å²) < 4.78 is 0. The lowest BCUT2D eigenvalue weighted by atomic mass is 10.2. The second-order valence-corrected chi connectivity index (χ2v) is 3.54. The highest BCUT2D eigenvalue weighted by Crippen LogP contribution is 1.99. The molecular formula is C10H17Cl. The molecule has 1 unspecified atom stereocenters. The molecule has 0 aliphatic rings. The first-order valence-electron chi connectivity index (χ1n) is 4.37. The number of alkyl halides is 1. The van der Waals surface area contributed by atoms with E-state index in [4.69, 9.17) is 11.6 Å². The number of unbranched alkanes of at least 4 members (excludes halogenated alkanes) is 3. The molecule has 0 nitrogen and oxygen atoms in total. The van der Waals surface area contributed by atoms with Crippen molar-refractivity contribution in [1.82, 2.24) is 0 Å². The van der Waals surface area contributed by atoms with Gasteiger partial charge >= 0.3 is 0 Å². The van der Waals surface area contributed by atoms with Gasteiger partial charge in [0.2, 0.25) is 0 Å². The van der Waals surface area contributed by atoms with E-state index in [0.717, 1.165) is 12.8 Å². The van der Waals surface area contributed by atoms with Crippen molar-refractivity contribution >= 4 is 11.6 Å². The molecule has 64 valence electrons. The van der Waals surface area contributed by atoms with Crippen LogP contribution in [0.25, 0.3) is 0 Å². The van der Waals surface area contributed by atoms with Crippen LogP contribution in [-0.2, 0) is 0 Å². The highest BCUT2D eigenvalue weighted by molar-refractivity contribution is 6.20. The van der Waals surface area contributed by atoms with Gasteiger partial charge < -0.3 is 0 Å². The fourth-order valence-electron chi connectivity index (χ4n) is 0.765. The van der Waals surface area contributed by atoms with Gasteiger partial charge in [-0.05, 0) is 13.3 Å². The van der Waals surface area contributed by atoms with Gasteiger partial charge in [0.15, 0.2) is 0 Å². The molecule has 0 aliphatic carbocycles. The Kier molecular flexibility index (Phi) is 7.84. The van der Waals surface area contributed by atoms with Gasteiger partial charge in [-0.2, -0.15) is 0 Å². The van der Waals surface area contributed by atoms with E-state index in [1.54, 1.807) is 0 Å². The van der Waals surface area contributed by atoms with E-state index in [0.29, 0.717) is 0 Å². The van der Waals surface area contributed by atoms with Gasteiger partial charge in [-0.1, -0.05) is 19.8 Å². The second-order valence-electron chi connectivity index (χ2n) is 2.80. The van der Waals surface area contributed by atoms with Crippen LogP contribution in [0.2, 0.25) is 0 Å². The zero-order valence-corrected chi connectivity index (χ0v) is 8.25. The van der Waals surface area contributed by atoms with Crippen molar-refractivity contribution in [3.8, 4) is 11.8 Å². The van der Waals surface area contributed by atoms with Crippen LogP contribution in [0.1, 0.15) is 46.0 Å². The highest BCUT2D eigenvalue weighted by atomic mass is 35.5. The van der Waals surface area contributed by atoms with Crippen LogP contribution >= 0.6 is 11.6 Å². The van der Waals surface area contributed by atoms with E-state index in [-0.39, 0.29) is 5.38 Å². The van der Waals surface area contributed by atoms with Crippen molar-refractivity contribution in [1.29, 1.82) is 0 Å². The van der Waals surface area contributed by atoms with E-state index < -0.39 is 0 Å². The Hall–Kier alpha value is -0.150. The Morgan fingerprint density at radius 3 is 2.55 bits per heavy atom. The van der Waals surface area contributed by atoms with Crippen molar-refractivity contribution in [2.45, 2.75) is 51.3 Å².